The fourth-order valence-corrected chi connectivity index (χ4v) is 2.85. The molecule has 0 N–H and O–H groups in total. The van der Waals surface area contributed by atoms with E-state index in [0.717, 1.165) is 26.6 Å². The summed E-state index contributed by atoms with van der Waals surface area (Å²) in [6, 6.07) is 5.93. The van der Waals surface area contributed by atoms with Gasteiger partial charge in [0.2, 0.25) is 0 Å². The van der Waals surface area contributed by atoms with Crippen molar-refractivity contribution in [2.75, 3.05) is 0 Å². The summed E-state index contributed by atoms with van der Waals surface area (Å²) in [5.74, 6) is -2.56. The van der Waals surface area contributed by atoms with Crippen molar-refractivity contribution >= 4 is 32.4 Å². The van der Waals surface area contributed by atoms with Gasteiger partial charge in [-0.05, 0) is 30.2 Å². The Kier molecular flexibility index (Phi) is 2.96. The van der Waals surface area contributed by atoms with Crippen molar-refractivity contribution in [2.24, 2.45) is 7.05 Å². The Morgan fingerprint density at radius 3 is 2.84 bits per heavy atom. The highest BCUT2D eigenvalue weighted by Gasteiger charge is 2.32. The summed E-state index contributed by atoms with van der Waals surface area (Å²) in [4.78, 5) is 0. The quantitative estimate of drug-likeness (QED) is 0.752. The monoisotopic (exact) mass is 326 g/mol. The molecule has 5 heteroatoms. The molecule has 0 saturated carbocycles. The van der Waals surface area contributed by atoms with E-state index >= 15 is 0 Å². The summed E-state index contributed by atoms with van der Waals surface area (Å²) in [6.07, 6.45) is 1.73. The van der Waals surface area contributed by atoms with E-state index in [4.69, 9.17) is 0 Å². The van der Waals surface area contributed by atoms with Crippen LogP contribution in [-0.2, 0) is 7.05 Å². The van der Waals surface area contributed by atoms with E-state index in [1.807, 2.05) is 25.2 Å². The Morgan fingerprint density at radius 2 is 2.16 bits per heavy atom. The van der Waals surface area contributed by atoms with Gasteiger partial charge < -0.3 is 0 Å². The van der Waals surface area contributed by atoms with Gasteiger partial charge in [-0.15, -0.1) is 0 Å². The lowest BCUT2D eigenvalue weighted by Crippen LogP contribution is -2.18. The first-order valence-corrected chi connectivity index (χ1v) is 6.95. The van der Waals surface area contributed by atoms with Crippen LogP contribution in [0.3, 0.4) is 0 Å². The molecule has 2 nitrogen and oxygen atoms in total. The Bertz CT molecular complexity index is 673. The van der Waals surface area contributed by atoms with Crippen molar-refractivity contribution in [3.63, 3.8) is 0 Å². The molecule has 1 aliphatic carbocycles. The summed E-state index contributed by atoms with van der Waals surface area (Å²) in [6.45, 7) is 0. The molecule has 0 radical (unpaired) electrons. The Hall–Kier alpha value is -1.23. The maximum atomic E-state index is 13.2. The summed E-state index contributed by atoms with van der Waals surface area (Å²) in [7, 11) is 1.87. The Morgan fingerprint density at radius 1 is 1.37 bits per heavy atom. The average Bonchev–Trinajstić information content (AvgIpc) is 2.66. The molecule has 2 aromatic rings. The molecule has 1 heterocycles. The molecule has 19 heavy (non-hydrogen) atoms. The van der Waals surface area contributed by atoms with Crippen LogP contribution in [0.2, 0.25) is 0 Å². The van der Waals surface area contributed by atoms with Crippen LogP contribution < -0.4 is 0 Å². The fraction of sp³-hybridized carbons (Fsp3) is 0.357. The van der Waals surface area contributed by atoms with E-state index in [9.17, 15) is 8.78 Å². The number of rotatable bonds is 1. The molecule has 1 aliphatic rings. The SMILES string of the molecule is Cn1nc(C2=CCC(F)(F)CC2)c2cc(Br)ccc21. The number of hydrogen-bond acceptors (Lipinski definition) is 1. The maximum absolute atomic E-state index is 13.2. The highest BCUT2D eigenvalue weighted by atomic mass is 79.9. The van der Waals surface area contributed by atoms with Gasteiger partial charge in [0.05, 0.1) is 11.2 Å². The van der Waals surface area contributed by atoms with Crippen LogP contribution in [0, 0.1) is 0 Å². The van der Waals surface area contributed by atoms with E-state index in [0.29, 0.717) is 6.42 Å². The van der Waals surface area contributed by atoms with Gasteiger partial charge in [-0.3, -0.25) is 4.68 Å². The first kappa shape index (κ1) is 12.8. The van der Waals surface area contributed by atoms with Crippen LogP contribution in [-0.4, -0.2) is 15.7 Å². The average molecular weight is 327 g/mol. The minimum Gasteiger partial charge on any atom is -0.267 e. The summed E-state index contributed by atoms with van der Waals surface area (Å²) < 4.78 is 29.2. The summed E-state index contributed by atoms with van der Waals surface area (Å²) >= 11 is 3.44. The number of hydrogen-bond donors (Lipinski definition) is 0. The highest BCUT2D eigenvalue weighted by molar-refractivity contribution is 9.10. The van der Waals surface area contributed by atoms with Gasteiger partial charge in [0.25, 0.3) is 5.92 Å². The van der Waals surface area contributed by atoms with Gasteiger partial charge in [-0.25, -0.2) is 8.78 Å². The summed E-state index contributed by atoms with van der Waals surface area (Å²) in [5.41, 5.74) is 2.76. The lowest BCUT2D eigenvalue weighted by Gasteiger charge is -2.20. The Labute approximate surface area is 118 Å². The van der Waals surface area contributed by atoms with Crippen molar-refractivity contribution in [3.05, 3.63) is 34.4 Å². The number of halogens is 3. The van der Waals surface area contributed by atoms with Crippen molar-refractivity contribution in [2.45, 2.75) is 25.2 Å². The third kappa shape index (κ3) is 2.31. The molecule has 0 unspecified atom stereocenters. The van der Waals surface area contributed by atoms with E-state index in [-0.39, 0.29) is 12.8 Å². The lowest BCUT2D eigenvalue weighted by molar-refractivity contribution is -0.00604. The predicted octanol–water partition coefficient (Wildman–Crippen LogP) is 4.54. The molecular formula is C14H13BrF2N2. The van der Waals surface area contributed by atoms with Crippen LogP contribution in [0.25, 0.3) is 16.5 Å². The predicted molar refractivity (Wildman–Crippen MR) is 75.2 cm³/mol. The first-order chi connectivity index (χ1) is 8.96. The second kappa shape index (κ2) is 4.40. The number of nitrogens with zero attached hydrogens (tertiary/aromatic N) is 2. The number of aromatic nitrogens is 2. The molecule has 0 spiro atoms. The van der Waals surface area contributed by atoms with Crippen molar-refractivity contribution < 1.29 is 8.78 Å². The zero-order chi connectivity index (χ0) is 13.6. The fourth-order valence-electron chi connectivity index (χ4n) is 2.48. The van der Waals surface area contributed by atoms with Crippen LogP contribution >= 0.6 is 15.9 Å². The topological polar surface area (TPSA) is 17.8 Å². The third-order valence-corrected chi connectivity index (χ3v) is 4.02. The number of fused-ring (bicyclic) bond motifs is 1. The smallest absolute Gasteiger partial charge is 0.251 e. The van der Waals surface area contributed by atoms with Gasteiger partial charge in [-0.2, -0.15) is 5.10 Å². The minimum atomic E-state index is -2.56. The van der Waals surface area contributed by atoms with Crippen molar-refractivity contribution in [3.8, 4) is 0 Å². The van der Waals surface area contributed by atoms with Crippen LogP contribution in [0.1, 0.15) is 25.0 Å². The summed E-state index contributed by atoms with van der Waals surface area (Å²) in [5, 5.41) is 5.49. The van der Waals surface area contributed by atoms with E-state index in [2.05, 4.69) is 21.0 Å². The van der Waals surface area contributed by atoms with Gasteiger partial charge in [0.1, 0.15) is 0 Å². The zero-order valence-corrected chi connectivity index (χ0v) is 12.0. The molecule has 0 aliphatic heterocycles. The number of aryl methyl sites for hydroxylation is 1. The van der Waals surface area contributed by atoms with Crippen molar-refractivity contribution in [1.29, 1.82) is 0 Å². The maximum Gasteiger partial charge on any atom is 0.251 e. The number of alkyl halides is 2. The van der Waals surface area contributed by atoms with Crippen LogP contribution in [0.15, 0.2) is 28.7 Å². The standard InChI is InChI=1S/C14H13BrF2N2/c1-19-12-3-2-10(15)8-11(12)13(18-19)9-4-6-14(16,17)7-5-9/h2-4,8H,5-7H2,1H3. The minimum absolute atomic E-state index is 0.0924. The number of allylic oxidation sites excluding steroid dienone is 2. The zero-order valence-electron chi connectivity index (χ0n) is 10.5. The molecule has 0 bridgehead atoms. The molecule has 3 rings (SSSR count). The van der Waals surface area contributed by atoms with Gasteiger partial charge in [0.15, 0.2) is 0 Å². The molecule has 100 valence electrons. The largest absolute Gasteiger partial charge is 0.267 e. The second-order valence-corrected chi connectivity index (χ2v) is 5.84. The molecule has 0 saturated heterocycles. The molecule has 1 aromatic heterocycles. The molecule has 0 atom stereocenters. The van der Waals surface area contributed by atoms with Gasteiger partial charge in [-0.1, -0.05) is 22.0 Å². The van der Waals surface area contributed by atoms with Gasteiger partial charge in [0, 0.05) is 29.7 Å². The Balaban J connectivity index is 2.11. The lowest BCUT2D eigenvalue weighted by atomic mass is 9.93. The van der Waals surface area contributed by atoms with Crippen LogP contribution in [0.5, 0.6) is 0 Å². The molecule has 0 fully saturated rings. The van der Waals surface area contributed by atoms with E-state index in [1.54, 1.807) is 10.8 Å². The highest BCUT2D eigenvalue weighted by Crippen LogP contribution is 2.38. The molecule has 1 aromatic carbocycles. The van der Waals surface area contributed by atoms with Gasteiger partial charge >= 0.3 is 0 Å². The first-order valence-electron chi connectivity index (χ1n) is 6.16. The van der Waals surface area contributed by atoms with Crippen molar-refractivity contribution in [1.82, 2.24) is 9.78 Å². The molecule has 0 amide bonds. The second-order valence-electron chi connectivity index (χ2n) is 4.92. The normalized spacial score (nSPS) is 18.6. The van der Waals surface area contributed by atoms with E-state index in [1.165, 1.54) is 0 Å². The van der Waals surface area contributed by atoms with E-state index < -0.39 is 5.92 Å². The van der Waals surface area contributed by atoms with Crippen LogP contribution in [0.4, 0.5) is 8.78 Å². The number of benzene rings is 1. The molecular weight excluding hydrogens is 314 g/mol. The third-order valence-electron chi connectivity index (χ3n) is 3.52.